The molecule has 2 nitrogen and oxygen atoms in total. The van der Waals surface area contributed by atoms with Crippen LogP contribution in [-0.4, -0.2) is 10.9 Å². The highest BCUT2D eigenvalue weighted by Gasteiger charge is 2.10. The van der Waals surface area contributed by atoms with Crippen molar-refractivity contribution in [2.45, 2.75) is 13.3 Å². The molecule has 74 valence electrons. The van der Waals surface area contributed by atoms with Crippen molar-refractivity contribution < 1.29 is 9.59 Å². The van der Waals surface area contributed by atoms with E-state index in [4.69, 9.17) is 0 Å². The van der Waals surface area contributed by atoms with E-state index in [1.807, 2.05) is 6.07 Å². The summed E-state index contributed by atoms with van der Waals surface area (Å²) in [5.74, 6) is -0.394. The summed E-state index contributed by atoms with van der Waals surface area (Å²) in [4.78, 5) is 22.3. The summed E-state index contributed by atoms with van der Waals surface area (Å²) in [6.45, 7) is 1.68. The molecule has 3 heteroatoms. The Morgan fingerprint density at radius 3 is 2.36 bits per heavy atom. The lowest BCUT2D eigenvalue weighted by atomic mass is 10.0. The molecule has 1 aromatic rings. The van der Waals surface area contributed by atoms with Crippen LogP contribution in [0, 0.1) is 5.92 Å². The van der Waals surface area contributed by atoms with E-state index in [1.54, 1.807) is 31.2 Å². The maximum Gasteiger partial charge on any atom is 0.163 e. The van der Waals surface area contributed by atoms with Crippen LogP contribution in [0.4, 0.5) is 0 Å². The Hall–Kier alpha value is -1.22. The van der Waals surface area contributed by atoms with Crippen molar-refractivity contribution in [1.82, 2.24) is 0 Å². The first-order chi connectivity index (χ1) is 6.61. The second-order valence-corrected chi connectivity index (χ2v) is 3.62. The summed E-state index contributed by atoms with van der Waals surface area (Å²) in [5, 5.41) is -0.353. The average molecular weight is 207 g/mol. The first kappa shape index (κ1) is 10.9. The van der Waals surface area contributed by atoms with Gasteiger partial charge in [-0.25, -0.2) is 0 Å². The number of carbonyl (C=O) groups is 2. The van der Waals surface area contributed by atoms with Crippen molar-refractivity contribution in [1.29, 1.82) is 0 Å². The van der Waals surface area contributed by atoms with Gasteiger partial charge in [-0.05, 0) is 0 Å². The standard InChI is InChI=1S/C11H12O2S/c1-8(11(13)14)7-10(12)9-5-3-2-4-6-9/h2-6,8H,7H2,1H3,(H,13,14)/p-1. The number of rotatable bonds is 4. The van der Waals surface area contributed by atoms with Crippen LogP contribution in [0.15, 0.2) is 30.3 Å². The van der Waals surface area contributed by atoms with E-state index in [-0.39, 0.29) is 23.2 Å². The van der Waals surface area contributed by atoms with Crippen LogP contribution in [-0.2, 0) is 17.4 Å². The SMILES string of the molecule is CC(CC(=O)c1ccccc1)C(=O)[S-]. The van der Waals surface area contributed by atoms with Crippen LogP contribution >= 0.6 is 0 Å². The summed E-state index contributed by atoms with van der Waals surface area (Å²) in [7, 11) is 0. The summed E-state index contributed by atoms with van der Waals surface area (Å²) in [6, 6.07) is 8.92. The van der Waals surface area contributed by atoms with Crippen molar-refractivity contribution in [3.8, 4) is 0 Å². The van der Waals surface area contributed by atoms with Crippen LogP contribution in [0.3, 0.4) is 0 Å². The highest BCUT2D eigenvalue weighted by atomic mass is 32.1. The van der Waals surface area contributed by atoms with E-state index < -0.39 is 0 Å². The van der Waals surface area contributed by atoms with Gasteiger partial charge < -0.3 is 17.4 Å². The molecule has 1 atom stereocenters. The third kappa shape index (κ3) is 2.92. The van der Waals surface area contributed by atoms with Gasteiger partial charge in [-0.1, -0.05) is 37.3 Å². The summed E-state index contributed by atoms with van der Waals surface area (Å²) in [6.07, 6.45) is 0.201. The zero-order valence-electron chi connectivity index (χ0n) is 7.90. The van der Waals surface area contributed by atoms with Gasteiger partial charge >= 0.3 is 0 Å². The highest BCUT2D eigenvalue weighted by Crippen LogP contribution is 2.09. The number of hydrogen-bond acceptors (Lipinski definition) is 3. The largest absolute Gasteiger partial charge is 0.742 e. The fraction of sp³-hybridized carbons (Fsp3) is 0.273. The monoisotopic (exact) mass is 207 g/mol. The molecule has 0 radical (unpaired) electrons. The highest BCUT2D eigenvalue weighted by molar-refractivity contribution is 7.77. The number of ketones is 1. The summed E-state index contributed by atoms with van der Waals surface area (Å²) < 4.78 is 0. The molecule has 14 heavy (non-hydrogen) atoms. The minimum atomic E-state index is -0.363. The normalized spacial score (nSPS) is 12.1. The van der Waals surface area contributed by atoms with Crippen LogP contribution in [0.1, 0.15) is 23.7 Å². The lowest BCUT2D eigenvalue weighted by Crippen LogP contribution is -2.13. The number of carbonyl (C=O) groups excluding carboxylic acids is 2. The molecule has 0 amide bonds. The molecule has 0 bridgehead atoms. The van der Waals surface area contributed by atoms with Gasteiger partial charge in [-0.2, -0.15) is 0 Å². The molecular formula is C11H11O2S-. The maximum absolute atomic E-state index is 11.6. The Morgan fingerprint density at radius 1 is 1.29 bits per heavy atom. The van der Waals surface area contributed by atoms with Gasteiger partial charge in [0.05, 0.1) is 0 Å². The minimum absolute atomic E-state index is 0.0312. The van der Waals surface area contributed by atoms with Gasteiger partial charge in [-0.3, -0.25) is 4.79 Å². The molecule has 0 fully saturated rings. The first-order valence-corrected chi connectivity index (χ1v) is 4.81. The average Bonchev–Trinajstić information content (AvgIpc) is 2.19. The van der Waals surface area contributed by atoms with Gasteiger partial charge in [0.25, 0.3) is 0 Å². The molecule has 0 N–H and O–H groups in total. The van der Waals surface area contributed by atoms with E-state index in [2.05, 4.69) is 12.6 Å². The van der Waals surface area contributed by atoms with Crippen LogP contribution in [0.2, 0.25) is 0 Å². The predicted molar refractivity (Wildman–Crippen MR) is 56.9 cm³/mol. The predicted octanol–water partition coefficient (Wildman–Crippen LogP) is 1.97. The van der Waals surface area contributed by atoms with Gasteiger partial charge in [0.1, 0.15) is 0 Å². The van der Waals surface area contributed by atoms with E-state index >= 15 is 0 Å². The van der Waals surface area contributed by atoms with E-state index in [0.717, 1.165) is 0 Å². The van der Waals surface area contributed by atoms with Crippen molar-refractivity contribution >= 4 is 23.5 Å². The molecule has 1 unspecified atom stereocenters. The molecular weight excluding hydrogens is 196 g/mol. The quantitative estimate of drug-likeness (QED) is 0.559. The molecule has 0 heterocycles. The van der Waals surface area contributed by atoms with Crippen LogP contribution in [0.25, 0.3) is 0 Å². The topological polar surface area (TPSA) is 34.1 Å². The smallest absolute Gasteiger partial charge is 0.163 e. The Balaban J connectivity index is 2.64. The maximum atomic E-state index is 11.6. The van der Waals surface area contributed by atoms with Gasteiger partial charge in [-0.15, -0.1) is 0 Å². The van der Waals surface area contributed by atoms with E-state index in [0.29, 0.717) is 5.56 Å². The fourth-order valence-corrected chi connectivity index (χ4v) is 1.19. The molecule has 0 aliphatic carbocycles. The lowest BCUT2D eigenvalue weighted by molar-refractivity contribution is -0.113. The lowest BCUT2D eigenvalue weighted by Gasteiger charge is -2.12. The molecule has 1 aromatic carbocycles. The van der Waals surface area contributed by atoms with Crippen LogP contribution < -0.4 is 0 Å². The molecule has 0 saturated heterocycles. The fourth-order valence-electron chi connectivity index (χ4n) is 1.10. The Kier molecular flexibility index (Phi) is 3.77. The second-order valence-electron chi connectivity index (χ2n) is 3.21. The number of hydrogen-bond donors (Lipinski definition) is 0. The van der Waals surface area contributed by atoms with E-state index in [9.17, 15) is 9.59 Å². The van der Waals surface area contributed by atoms with Crippen molar-refractivity contribution in [3.05, 3.63) is 35.9 Å². The van der Waals surface area contributed by atoms with Gasteiger partial charge in [0.15, 0.2) is 5.78 Å². The molecule has 0 spiro atoms. The molecule has 0 aliphatic heterocycles. The van der Waals surface area contributed by atoms with Gasteiger partial charge in [0, 0.05) is 23.0 Å². The first-order valence-electron chi connectivity index (χ1n) is 4.40. The minimum Gasteiger partial charge on any atom is -0.742 e. The molecule has 0 aromatic heterocycles. The summed E-state index contributed by atoms with van der Waals surface area (Å²) >= 11 is 4.48. The third-order valence-corrected chi connectivity index (χ3v) is 2.39. The van der Waals surface area contributed by atoms with Crippen molar-refractivity contribution in [3.63, 3.8) is 0 Å². The number of Topliss-reactive ketones (excluding diaryl/α,β-unsaturated/α-hetero) is 1. The van der Waals surface area contributed by atoms with Crippen molar-refractivity contribution in [2.24, 2.45) is 5.92 Å². The molecule has 0 saturated carbocycles. The van der Waals surface area contributed by atoms with E-state index in [1.165, 1.54) is 0 Å². The summed E-state index contributed by atoms with van der Waals surface area (Å²) in [5.41, 5.74) is 0.635. The molecule has 0 aliphatic rings. The Labute approximate surface area is 88.7 Å². The zero-order chi connectivity index (χ0) is 10.6. The van der Waals surface area contributed by atoms with Gasteiger partial charge in [0.2, 0.25) is 0 Å². The Morgan fingerprint density at radius 2 is 1.86 bits per heavy atom. The third-order valence-electron chi connectivity index (χ3n) is 1.99. The second kappa shape index (κ2) is 4.86. The molecule has 1 rings (SSSR count). The number of benzene rings is 1. The van der Waals surface area contributed by atoms with Crippen molar-refractivity contribution in [2.75, 3.05) is 0 Å². The zero-order valence-corrected chi connectivity index (χ0v) is 8.71. The Bertz CT molecular complexity index is 332. The van der Waals surface area contributed by atoms with Crippen LogP contribution in [0.5, 0.6) is 0 Å².